The van der Waals surface area contributed by atoms with Gasteiger partial charge in [-0.1, -0.05) is 12.1 Å². The quantitative estimate of drug-likeness (QED) is 0.827. The van der Waals surface area contributed by atoms with Crippen LogP contribution in [0, 0.1) is 11.3 Å². The minimum Gasteiger partial charge on any atom is -0.497 e. The number of nitrogens with zero attached hydrogens (tertiary/aromatic N) is 2. The molecule has 1 N–H and O–H groups in total. The fraction of sp³-hybridized carbons (Fsp3) is 0.667. The molecule has 0 aromatic heterocycles. The first-order valence-corrected chi connectivity index (χ1v) is 9.60. The standard InChI is InChI=1S/C21H32N2O4/c1-20(2,3)27-19(25)23-11-16-10-21(16,14-23)13-22(4)18(12-24)15-6-8-17(26-5)9-7-15/h6-9,16,18,24H,10-14H2,1-5H3. The first-order valence-electron chi connectivity index (χ1n) is 9.60. The fourth-order valence-electron chi connectivity index (χ4n) is 4.24. The minimum atomic E-state index is -0.468. The van der Waals surface area contributed by atoms with Gasteiger partial charge in [-0.2, -0.15) is 0 Å². The van der Waals surface area contributed by atoms with Crippen molar-refractivity contribution >= 4 is 6.09 Å². The van der Waals surface area contributed by atoms with Crippen LogP contribution >= 0.6 is 0 Å². The molecule has 1 amide bonds. The molecule has 3 atom stereocenters. The molecule has 150 valence electrons. The third kappa shape index (κ3) is 4.38. The molecule has 6 heteroatoms. The number of carbonyl (C=O) groups is 1. The maximum atomic E-state index is 12.4. The van der Waals surface area contributed by atoms with E-state index in [-0.39, 0.29) is 24.2 Å². The second kappa shape index (κ2) is 7.32. The summed E-state index contributed by atoms with van der Waals surface area (Å²) in [6.07, 6.45) is 0.919. The van der Waals surface area contributed by atoms with Gasteiger partial charge in [-0.25, -0.2) is 4.79 Å². The van der Waals surface area contributed by atoms with Gasteiger partial charge in [0.2, 0.25) is 0 Å². The van der Waals surface area contributed by atoms with E-state index in [1.54, 1.807) is 7.11 Å². The summed E-state index contributed by atoms with van der Waals surface area (Å²) in [6.45, 7) is 8.10. The molecule has 3 rings (SSSR count). The predicted molar refractivity (Wildman–Crippen MR) is 104 cm³/mol. The van der Waals surface area contributed by atoms with Gasteiger partial charge in [-0.3, -0.25) is 4.90 Å². The van der Waals surface area contributed by atoms with Crippen LogP contribution in [0.25, 0.3) is 0 Å². The van der Waals surface area contributed by atoms with Crippen molar-refractivity contribution in [2.45, 2.75) is 38.8 Å². The molecule has 1 aromatic carbocycles. The van der Waals surface area contributed by atoms with E-state index in [9.17, 15) is 9.90 Å². The first-order chi connectivity index (χ1) is 12.7. The lowest BCUT2D eigenvalue weighted by Gasteiger charge is -2.31. The van der Waals surface area contributed by atoms with E-state index in [2.05, 4.69) is 4.90 Å². The first kappa shape index (κ1) is 20.0. The van der Waals surface area contributed by atoms with Crippen LogP contribution in [-0.2, 0) is 4.74 Å². The summed E-state index contributed by atoms with van der Waals surface area (Å²) in [5, 5.41) is 9.96. The van der Waals surface area contributed by atoms with Crippen molar-refractivity contribution in [2.75, 3.05) is 40.4 Å². The van der Waals surface area contributed by atoms with Gasteiger partial charge in [0.05, 0.1) is 19.8 Å². The second-order valence-corrected chi connectivity index (χ2v) is 9.01. The molecule has 1 aromatic rings. The SMILES string of the molecule is COc1ccc(C(CO)N(C)CC23CC2CN(C(=O)OC(C)(C)C)C3)cc1. The molecule has 1 saturated carbocycles. The van der Waals surface area contributed by atoms with Crippen LogP contribution in [0.4, 0.5) is 4.79 Å². The highest BCUT2D eigenvalue weighted by atomic mass is 16.6. The Morgan fingerprint density at radius 3 is 2.59 bits per heavy atom. The zero-order chi connectivity index (χ0) is 19.8. The summed E-state index contributed by atoms with van der Waals surface area (Å²) in [5.74, 6) is 1.34. The van der Waals surface area contributed by atoms with Crippen molar-refractivity contribution in [3.05, 3.63) is 29.8 Å². The van der Waals surface area contributed by atoms with Crippen molar-refractivity contribution in [3.8, 4) is 5.75 Å². The molecule has 6 nitrogen and oxygen atoms in total. The third-order valence-electron chi connectivity index (χ3n) is 5.73. The van der Waals surface area contributed by atoms with Crippen LogP contribution in [0.3, 0.4) is 0 Å². The third-order valence-corrected chi connectivity index (χ3v) is 5.73. The topological polar surface area (TPSA) is 62.2 Å². The Hall–Kier alpha value is -1.79. The van der Waals surface area contributed by atoms with E-state index in [4.69, 9.17) is 9.47 Å². The van der Waals surface area contributed by atoms with E-state index in [0.29, 0.717) is 5.92 Å². The van der Waals surface area contributed by atoms with Crippen molar-refractivity contribution in [1.29, 1.82) is 0 Å². The number of rotatable bonds is 6. The number of aliphatic hydroxyl groups excluding tert-OH is 1. The largest absolute Gasteiger partial charge is 0.497 e. The molecule has 27 heavy (non-hydrogen) atoms. The highest BCUT2D eigenvalue weighted by molar-refractivity contribution is 5.69. The Morgan fingerprint density at radius 2 is 2.04 bits per heavy atom. The highest BCUT2D eigenvalue weighted by Gasteiger charge is 2.61. The van der Waals surface area contributed by atoms with Crippen LogP contribution in [0.1, 0.15) is 38.8 Å². The molecule has 0 radical (unpaired) electrons. The molecule has 1 aliphatic heterocycles. The number of likely N-dealkylation sites (tertiary alicyclic amines) is 1. The molecule has 0 spiro atoms. The van der Waals surface area contributed by atoms with Crippen molar-refractivity contribution in [2.24, 2.45) is 11.3 Å². The summed E-state index contributed by atoms with van der Waals surface area (Å²) in [6, 6.07) is 7.77. The number of amides is 1. The fourth-order valence-corrected chi connectivity index (χ4v) is 4.24. The van der Waals surface area contributed by atoms with Gasteiger partial charge in [0, 0.05) is 25.0 Å². The number of ether oxygens (including phenoxy) is 2. The van der Waals surface area contributed by atoms with Crippen LogP contribution in [0.15, 0.2) is 24.3 Å². The van der Waals surface area contributed by atoms with Crippen LogP contribution in [0.5, 0.6) is 5.75 Å². The number of hydrogen-bond donors (Lipinski definition) is 1. The smallest absolute Gasteiger partial charge is 0.410 e. The molecule has 2 aliphatic rings. The van der Waals surface area contributed by atoms with E-state index in [0.717, 1.165) is 37.4 Å². The maximum absolute atomic E-state index is 12.4. The van der Waals surface area contributed by atoms with Crippen molar-refractivity contribution < 1.29 is 19.4 Å². The molecule has 1 aliphatic carbocycles. The molecular formula is C21H32N2O4. The van der Waals surface area contributed by atoms with E-state index < -0.39 is 5.60 Å². The average Bonchev–Trinajstić information content (AvgIpc) is 3.13. The van der Waals surface area contributed by atoms with Gasteiger partial charge in [0.25, 0.3) is 0 Å². The molecule has 2 fully saturated rings. The van der Waals surface area contributed by atoms with Gasteiger partial charge < -0.3 is 19.5 Å². The second-order valence-electron chi connectivity index (χ2n) is 9.01. The molecular weight excluding hydrogens is 344 g/mol. The summed E-state index contributed by atoms with van der Waals surface area (Å²) >= 11 is 0. The lowest BCUT2D eigenvalue weighted by atomic mass is 10.0. The average molecular weight is 376 g/mol. The van der Waals surface area contributed by atoms with Gasteiger partial charge in [0.15, 0.2) is 0 Å². The van der Waals surface area contributed by atoms with Crippen molar-refractivity contribution in [3.63, 3.8) is 0 Å². The number of piperidine rings is 1. The highest BCUT2D eigenvalue weighted by Crippen LogP contribution is 2.58. The Morgan fingerprint density at radius 1 is 1.37 bits per heavy atom. The number of fused-ring (bicyclic) bond motifs is 1. The molecule has 1 heterocycles. The number of hydrogen-bond acceptors (Lipinski definition) is 5. The summed E-state index contributed by atoms with van der Waals surface area (Å²) in [5.41, 5.74) is 0.729. The van der Waals surface area contributed by atoms with Crippen LogP contribution < -0.4 is 4.74 Å². The Kier molecular flexibility index (Phi) is 5.41. The van der Waals surface area contributed by atoms with Gasteiger partial charge >= 0.3 is 6.09 Å². The number of likely N-dealkylation sites (N-methyl/N-ethyl adjacent to an activating group) is 1. The Bertz CT molecular complexity index is 670. The molecule has 1 saturated heterocycles. The van der Waals surface area contributed by atoms with Crippen LogP contribution in [0.2, 0.25) is 0 Å². The van der Waals surface area contributed by atoms with E-state index in [1.807, 2.05) is 57.0 Å². The predicted octanol–water partition coefficient (Wildman–Crippen LogP) is 2.92. The van der Waals surface area contributed by atoms with Crippen molar-refractivity contribution in [1.82, 2.24) is 9.80 Å². The lowest BCUT2D eigenvalue weighted by Crippen LogP contribution is -2.39. The number of benzene rings is 1. The number of carbonyl (C=O) groups excluding carboxylic acids is 1. The maximum Gasteiger partial charge on any atom is 0.410 e. The normalized spacial score (nSPS) is 25.3. The zero-order valence-electron chi connectivity index (χ0n) is 17.1. The van der Waals surface area contributed by atoms with E-state index in [1.165, 1.54) is 0 Å². The lowest BCUT2D eigenvalue weighted by molar-refractivity contribution is 0.0251. The Labute approximate surface area is 162 Å². The van der Waals surface area contributed by atoms with E-state index >= 15 is 0 Å². The molecule has 0 bridgehead atoms. The number of aliphatic hydroxyl groups is 1. The number of methoxy groups -OCH3 is 1. The summed E-state index contributed by atoms with van der Waals surface area (Å²) in [7, 11) is 3.69. The van der Waals surface area contributed by atoms with Crippen LogP contribution in [-0.4, -0.2) is 67.0 Å². The summed E-state index contributed by atoms with van der Waals surface area (Å²) in [4.78, 5) is 16.4. The zero-order valence-corrected chi connectivity index (χ0v) is 17.1. The van der Waals surface area contributed by atoms with Gasteiger partial charge in [-0.15, -0.1) is 0 Å². The van der Waals surface area contributed by atoms with Gasteiger partial charge in [0.1, 0.15) is 11.4 Å². The summed E-state index contributed by atoms with van der Waals surface area (Å²) < 4.78 is 10.7. The molecule has 3 unspecified atom stereocenters. The van der Waals surface area contributed by atoms with Gasteiger partial charge in [-0.05, 0) is 57.9 Å². The monoisotopic (exact) mass is 376 g/mol. The minimum absolute atomic E-state index is 0.0549. The Balaban J connectivity index is 1.62.